The predicted molar refractivity (Wildman–Crippen MR) is 133 cm³/mol. The third-order valence-corrected chi connectivity index (χ3v) is 6.52. The van der Waals surface area contributed by atoms with Crippen LogP contribution >= 0.6 is 0 Å². The molecule has 0 saturated carbocycles. The molecule has 3 amide bonds. The molecule has 3 aliphatic heterocycles. The average Bonchev–Trinajstić information content (AvgIpc) is 3.38. The van der Waals surface area contributed by atoms with Crippen molar-refractivity contribution in [3.05, 3.63) is 60.7 Å². The Balaban J connectivity index is 1.11. The number of hydrogen-bond acceptors (Lipinski definition) is 7. The molecular weight excluding hydrogens is 464 g/mol. The topological polar surface area (TPSA) is 113 Å². The lowest BCUT2D eigenvalue weighted by Gasteiger charge is -2.37. The van der Waals surface area contributed by atoms with Gasteiger partial charge in [-0.15, -0.1) is 0 Å². The van der Waals surface area contributed by atoms with E-state index < -0.39 is 24.3 Å². The first-order valence-electron chi connectivity index (χ1n) is 12.1. The maximum absolute atomic E-state index is 12.9. The standard InChI is InChI=1S/C26H30N4O6/c31-16-24-21(28-26(33)27-18-6-9-22-23(14-18)35-17-34-22)8-7-20(36-24)15-25(32)30-12-10-29(11-13-30)19-4-2-1-3-5-19/h1-9,14,20-21,24,31H,10-13,15-17H2,(H2,27,28,33)/t20-,21-,24-/m1/s1. The molecule has 10 nitrogen and oxygen atoms in total. The number of urea groups is 1. The number of carbonyl (C=O) groups excluding carboxylic acids is 2. The highest BCUT2D eigenvalue weighted by Gasteiger charge is 2.31. The first-order chi connectivity index (χ1) is 17.6. The number of amides is 3. The van der Waals surface area contributed by atoms with E-state index >= 15 is 0 Å². The van der Waals surface area contributed by atoms with E-state index in [0.29, 0.717) is 30.3 Å². The molecule has 0 radical (unpaired) electrons. The Kier molecular flexibility index (Phi) is 7.24. The lowest BCUT2D eigenvalue weighted by Crippen LogP contribution is -2.51. The number of rotatable bonds is 6. The first-order valence-corrected chi connectivity index (χ1v) is 12.1. The number of para-hydroxylation sites is 1. The van der Waals surface area contributed by atoms with E-state index in [4.69, 9.17) is 14.2 Å². The fourth-order valence-electron chi connectivity index (χ4n) is 4.58. The van der Waals surface area contributed by atoms with Gasteiger partial charge in [0.15, 0.2) is 11.5 Å². The van der Waals surface area contributed by atoms with Gasteiger partial charge in [0, 0.05) is 43.6 Å². The van der Waals surface area contributed by atoms with Crippen LogP contribution in [-0.2, 0) is 9.53 Å². The van der Waals surface area contributed by atoms with Crippen LogP contribution in [0.1, 0.15) is 6.42 Å². The molecule has 3 heterocycles. The second-order valence-electron chi connectivity index (χ2n) is 8.88. The highest BCUT2D eigenvalue weighted by Crippen LogP contribution is 2.34. The van der Waals surface area contributed by atoms with Crippen molar-refractivity contribution in [3.63, 3.8) is 0 Å². The number of aliphatic hydroxyl groups excluding tert-OH is 1. The minimum absolute atomic E-state index is 0.0148. The van der Waals surface area contributed by atoms with Crippen molar-refractivity contribution in [2.24, 2.45) is 0 Å². The lowest BCUT2D eigenvalue weighted by molar-refractivity contribution is -0.135. The monoisotopic (exact) mass is 494 g/mol. The number of ether oxygens (including phenoxy) is 3. The molecule has 190 valence electrons. The summed E-state index contributed by atoms with van der Waals surface area (Å²) in [6.45, 7) is 2.72. The molecule has 0 aliphatic carbocycles. The minimum Gasteiger partial charge on any atom is -0.454 e. The second kappa shape index (κ2) is 10.9. The largest absolute Gasteiger partial charge is 0.454 e. The molecule has 2 aromatic rings. The maximum Gasteiger partial charge on any atom is 0.319 e. The van der Waals surface area contributed by atoms with Crippen LogP contribution in [0, 0.1) is 0 Å². The normalized spacial score (nSPS) is 22.9. The maximum atomic E-state index is 12.9. The highest BCUT2D eigenvalue weighted by atomic mass is 16.7. The molecule has 3 aliphatic rings. The third kappa shape index (κ3) is 5.55. The molecule has 3 N–H and O–H groups in total. The van der Waals surface area contributed by atoms with Crippen molar-refractivity contribution in [1.82, 2.24) is 10.2 Å². The quantitative estimate of drug-likeness (QED) is 0.527. The molecule has 0 bridgehead atoms. The van der Waals surface area contributed by atoms with Crippen molar-refractivity contribution >= 4 is 23.3 Å². The van der Waals surface area contributed by atoms with E-state index in [-0.39, 0.29) is 25.7 Å². The van der Waals surface area contributed by atoms with Crippen LogP contribution in [0.2, 0.25) is 0 Å². The number of aliphatic hydroxyl groups is 1. The number of benzene rings is 2. The van der Waals surface area contributed by atoms with Gasteiger partial charge in [-0.3, -0.25) is 4.79 Å². The minimum atomic E-state index is -0.662. The molecule has 1 fully saturated rings. The van der Waals surface area contributed by atoms with Crippen LogP contribution in [0.4, 0.5) is 16.2 Å². The number of piperazine rings is 1. The van der Waals surface area contributed by atoms with Gasteiger partial charge in [-0.05, 0) is 24.3 Å². The van der Waals surface area contributed by atoms with E-state index in [1.807, 2.05) is 23.1 Å². The van der Waals surface area contributed by atoms with Crippen molar-refractivity contribution in [2.75, 3.05) is 49.8 Å². The van der Waals surface area contributed by atoms with Crippen LogP contribution < -0.4 is 25.0 Å². The van der Waals surface area contributed by atoms with Crippen LogP contribution in [0.3, 0.4) is 0 Å². The number of carbonyl (C=O) groups is 2. The van der Waals surface area contributed by atoms with E-state index in [1.54, 1.807) is 30.4 Å². The molecule has 1 saturated heterocycles. The third-order valence-electron chi connectivity index (χ3n) is 6.52. The van der Waals surface area contributed by atoms with Gasteiger partial charge in [0.25, 0.3) is 0 Å². The lowest BCUT2D eigenvalue weighted by atomic mass is 10.0. The number of fused-ring (bicyclic) bond motifs is 1. The summed E-state index contributed by atoms with van der Waals surface area (Å²) in [7, 11) is 0. The number of anilines is 2. The summed E-state index contributed by atoms with van der Waals surface area (Å²) in [5.41, 5.74) is 1.71. The molecule has 0 aromatic heterocycles. The van der Waals surface area contributed by atoms with Gasteiger partial charge in [-0.1, -0.05) is 30.4 Å². The summed E-state index contributed by atoms with van der Waals surface area (Å²) in [4.78, 5) is 29.5. The fourth-order valence-corrected chi connectivity index (χ4v) is 4.58. The Morgan fingerprint density at radius 2 is 1.75 bits per heavy atom. The van der Waals surface area contributed by atoms with E-state index in [0.717, 1.165) is 18.8 Å². The van der Waals surface area contributed by atoms with Gasteiger partial charge in [0.05, 0.1) is 25.2 Å². The van der Waals surface area contributed by atoms with E-state index in [9.17, 15) is 14.7 Å². The SMILES string of the molecule is O=C(Nc1ccc2c(c1)OCO2)N[C@@H]1C=C[C@H](CC(=O)N2CCN(c3ccccc3)CC2)O[C@@H]1CO. The Morgan fingerprint density at radius 3 is 2.53 bits per heavy atom. The van der Waals surface area contributed by atoms with Crippen molar-refractivity contribution < 1.29 is 28.9 Å². The number of nitrogens with zero attached hydrogens (tertiary/aromatic N) is 2. The van der Waals surface area contributed by atoms with Crippen molar-refractivity contribution in [1.29, 1.82) is 0 Å². The first kappa shape index (κ1) is 24.0. The van der Waals surface area contributed by atoms with Crippen LogP contribution in [-0.4, -0.2) is 79.8 Å². The summed E-state index contributed by atoms with van der Waals surface area (Å²) in [6, 6.07) is 14.3. The molecule has 5 rings (SSSR count). The zero-order valence-electron chi connectivity index (χ0n) is 19.8. The molecule has 0 spiro atoms. The van der Waals surface area contributed by atoms with Crippen molar-refractivity contribution in [3.8, 4) is 11.5 Å². The van der Waals surface area contributed by atoms with Gasteiger partial charge < -0.3 is 39.8 Å². The second-order valence-corrected chi connectivity index (χ2v) is 8.88. The molecule has 2 aromatic carbocycles. The molecular formula is C26H30N4O6. The Bertz CT molecular complexity index is 1100. The summed E-state index contributed by atoms with van der Waals surface area (Å²) in [6.07, 6.45) is 2.61. The summed E-state index contributed by atoms with van der Waals surface area (Å²) < 4.78 is 16.5. The summed E-state index contributed by atoms with van der Waals surface area (Å²) >= 11 is 0. The van der Waals surface area contributed by atoms with Gasteiger partial charge in [0.1, 0.15) is 6.10 Å². The zero-order valence-corrected chi connectivity index (χ0v) is 19.8. The van der Waals surface area contributed by atoms with Crippen LogP contribution in [0.25, 0.3) is 0 Å². The van der Waals surface area contributed by atoms with Gasteiger partial charge >= 0.3 is 6.03 Å². The van der Waals surface area contributed by atoms with E-state index in [2.05, 4.69) is 27.7 Å². The Hall–Kier alpha value is -3.76. The van der Waals surface area contributed by atoms with Gasteiger partial charge in [0.2, 0.25) is 12.7 Å². The summed E-state index contributed by atoms with van der Waals surface area (Å²) in [5.74, 6) is 1.21. The zero-order chi connectivity index (χ0) is 24.9. The van der Waals surface area contributed by atoms with Crippen LogP contribution in [0.15, 0.2) is 60.7 Å². The predicted octanol–water partition coefficient (Wildman–Crippen LogP) is 1.96. The Morgan fingerprint density at radius 1 is 0.972 bits per heavy atom. The van der Waals surface area contributed by atoms with Crippen molar-refractivity contribution in [2.45, 2.75) is 24.7 Å². The van der Waals surface area contributed by atoms with E-state index in [1.165, 1.54) is 0 Å². The number of hydrogen-bond donors (Lipinski definition) is 3. The molecule has 3 atom stereocenters. The average molecular weight is 495 g/mol. The van der Waals surface area contributed by atoms with Gasteiger partial charge in [-0.25, -0.2) is 4.79 Å². The number of nitrogens with one attached hydrogen (secondary N) is 2. The molecule has 36 heavy (non-hydrogen) atoms. The van der Waals surface area contributed by atoms with Gasteiger partial charge in [-0.2, -0.15) is 0 Å². The van der Waals surface area contributed by atoms with Crippen LogP contribution in [0.5, 0.6) is 11.5 Å². The highest BCUT2D eigenvalue weighted by molar-refractivity contribution is 5.90. The smallest absolute Gasteiger partial charge is 0.319 e. The summed E-state index contributed by atoms with van der Waals surface area (Å²) in [5, 5.41) is 15.4. The fraction of sp³-hybridized carbons (Fsp3) is 0.385. The molecule has 10 heteroatoms. The molecule has 0 unspecified atom stereocenters. The Labute approximate surface area is 209 Å².